The van der Waals surface area contributed by atoms with E-state index in [1.54, 1.807) is 7.11 Å². The van der Waals surface area contributed by atoms with Crippen molar-refractivity contribution in [2.75, 3.05) is 7.11 Å². The summed E-state index contributed by atoms with van der Waals surface area (Å²) in [6.45, 7) is 2.05. The highest BCUT2D eigenvalue weighted by Crippen LogP contribution is 2.22. The van der Waals surface area contributed by atoms with Crippen molar-refractivity contribution >= 4 is 0 Å². The van der Waals surface area contributed by atoms with Crippen LogP contribution in [0.5, 0.6) is 5.75 Å². The van der Waals surface area contributed by atoms with Crippen molar-refractivity contribution < 1.29 is 4.74 Å². The fourth-order valence-electron chi connectivity index (χ4n) is 1.55. The first-order valence-electron chi connectivity index (χ1n) is 4.92. The van der Waals surface area contributed by atoms with Crippen LogP contribution < -0.4 is 4.74 Å². The van der Waals surface area contributed by atoms with Gasteiger partial charge in [0.1, 0.15) is 5.75 Å². The summed E-state index contributed by atoms with van der Waals surface area (Å²) in [5.41, 5.74) is 3.57. The largest absolute Gasteiger partial charge is 0.497 e. The van der Waals surface area contributed by atoms with Crippen molar-refractivity contribution in [3.8, 4) is 16.9 Å². The Morgan fingerprint density at radius 3 is 2.33 bits per heavy atom. The Labute approximate surface area is 90.3 Å². The zero-order valence-corrected chi connectivity index (χ0v) is 8.95. The highest BCUT2D eigenvalue weighted by Gasteiger charge is 1.97. The van der Waals surface area contributed by atoms with Crippen molar-refractivity contribution in [2.45, 2.75) is 6.92 Å². The first-order valence-corrected chi connectivity index (χ1v) is 4.92. The quantitative estimate of drug-likeness (QED) is 0.716. The molecular weight excluding hydrogens is 184 g/mol. The van der Waals surface area contributed by atoms with Crippen LogP contribution in [0.1, 0.15) is 5.56 Å². The fourth-order valence-corrected chi connectivity index (χ4v) is 1.55. The number of methoxy groups -OCH3 is 1. The second-order valence-corrected chi connectivity index (χ2v) is 3.49. The number of hydrogen-bond acceptors (Lipinski definition) is 1. The Morgan fingerprint density at radius 1 is 1.00 bits per heavy atom. The summed E-state index contributed by atoms with van der Waals surface area (Å²) >= 11 is 0. The third kappa shape index (κ3) is 2.18. The molecule has 0 atom stereocenters. The van der Waals surface area contributed by atoms with Crippen molar-refractivity contribution in [3.63, 3.8) is 0 Å². The Balaban J connectivity index is 2.37. The molecule has 0 saturated heterocycles. The van der Waals surface area contributed by atoms with Crippen molar-refractivity contribution in [1.29, 1.82) is 0 Å². The van der Waals surface area contributed by atoms with Gasteiger partial charge >= 0.3 is 0 Å². The first-order chi connectivity index (χ1) is 7.29. The lowest BCUT2D eigenvalue weighted by molar-refractivity contribution is 0.415. The van der Waals surface area contributed by atoms with Crippen molar-refractivity contribution in [2.24, 2.45) is 0 Å². The molecule has 0 aliphatic rings. The summed E-state index contributed by atoms with van der Waals surface area (Å²) in [6.07, 6.45) is 0. The summed E-state index contributed by atoms with van der Waals surface area (Å²) in [5, 5.41) is 0. The van der Waals surface area contributed by atoms with E-state index in [0.717, 1.165) is 11.3 Å². The molecule has 1 radical (unpaired) electrons. The number of hydrogen-bond donors (Lipinski definition) is 0. The summed E-state index contributed by atoms with van der Waals surface area (Å²) in [6, 6.07) is 17.4. The van der Waals surface area contributed by atoms with Crippen LogP contribution in [-0.2, 0) is 0 Å². The van der Waals surface area contributed by atoms with Gasteiger partial charge in [0.05, 0.1) is 7.11 Å². The van der Waals surface area contributed by atoms with Crippen LogP contribution in [-0.4, -0.2) is 7.11 Å². The minimum atomic E-state index is 0.887. The molecule has 75 valence electrons. The minimum Gasteiger partial charge on any atom is -0.497 e. The minimum absolute atomic E-state index is 0.887. The summed E-state index contributed by atoms with van der Waals surface area (Å²) < 4.78 is 5.12. The molecule has 2 rings (SSSR count). The van der Waals surface area contributed by atoms with Gasteiger partial charge in [0.25, 0.3) is 0 Å². The van der Waals surface area contributed by atoms with Crippen LogP contribution in [0, 0.1) is 13.0 Å². The molecule has 0 aliphatic carbocycles. The molecule has 0 unspecified atom stereocenters. The van der Waals surface area contributed by atoms with E-state index in [2.05, 4.69) is 30.3 Å². The van der Waals surface area contributed by atoms with Crippen LogP contribution in [0.15, 0.2) is 42.5 Å². The lowest BCUT2D eigenvalue weighted by atomic mass is 10.0. The summed E-state index contributed by atoms with van der Waals surface area (Å²) in [7, 11) is 1.68. The molecule has 0 bridgehead atoms. The molecule has 1 nitrogen and oxygen atoms in total. The third-order valence-corrected chi connectivity index (χ3v) is 2.37. The van der Waals surface area contributed by atoms with Crippen LogP contribution in [0.4, 0.5) is 0 Å². The van der Waals surface area contributed by atoms with Crippen molar-refractivity contribution in [1.82, 2.24) is 0 Å². The monoisotopic (exact) mass is 197 g/mol. The zero-order chi connectivity index (χ0) is 10.7. The van der Waals surface area contributed by atoms with E-state index in [0.29, 0.717) is 0 Å². The molecule has 0 aromatic heterocycles. The molecule has 15 heavy (non-hydrogen) atoms. The maximum Gasteiger partial charge on any atom is 0.118 e. The lowest BCUT2D eigenvalue weighted by Gasteiger charge is -2.04. The smallest absolute Gasteiger partial charge is 0.118 e. The summed E-state index contributed by atoms with van der Waals surface area (Å²) in [4.78, 5) is 0. The second kappa shape index (κ2) is 4.18. The topological polar surface area (TPSA) is 9.23 Å². The highest BCUT2D eigenvalue weighted by atomic mass is 16.5. The second-order valence-electron chi connectivity index (χ2n) is 3.49. The molecular formula is C14H13O. The van der Waals surface area contributed by atoms with Gasteiger partial charge in [-0.15, -0.1) is 0 Å². The molecule has 0 N–H and O–H groups in total. The molecule has 0 fully saturated rings. The lowest BCUT2D eigenvalue weighted by Crippen LogP contribution is -1.83. The summed E-state index contributed by atoms with van der Waals surface area (Å²) in [5.74, 6) is 0.887. The predicted octanol–water partition coefficient (Wildman–Crippen LogP) is 3.47. The van der Waals surface area contributed by atoms with Gasteiger partial charge in [0.2, 0.25) is 0 Å². The number of benzene rings is 2. The maximum absolute atomic E-state index is 5.12. The standard InChI is InChI=1S/C14H13O/c1-11-4-3-5-13(10-11)12-6-8-14(15-2)9-7-12/h3,5-10H,1-2H3. The third-order valence-electron chi connectivity index (χ3n) is 2.37. The van der Waals surface area contributed by atoms with Gasteiger partial charge in [0.15, 0.2) is 0 Å². The van der Waals surface area contributed by atoms with Gasteiger partial charge in [-0.05, 0) is 41.8 Å². The van der Waals surface area contributed by atoms with E-state index in [-0.39, 0.29) is 0 Å². The van der Waals surface area contributed by atoms with Crippen LogP contribution >= 0.6 is 0 Å². The first kappa shape index (κ1) is 9.78. The van der Waals surface area contributed by atoms with E-state index in [1.807, 2.05) is 25.1 Å². The van der Waals surface area contributed by atoms with E-state index in [4.69, 9.17) is 4.74 Å². The van der Waals surface area contributed by atoms with E-state index >= 15 is 0 Å². The Bertz CT molecular complexity index is 443. The molecule has 0 heterocycles. The Kier molecular flexibility index (Phi) is 2.72. The number of rotatable bonds is 2. The van der Waals surface area contributed by atoms with Crippen LogP contribution in [0.2, 0.25) is 0 Å². The average molecular weight is 197 g/mol. The van der Waals surface area contributed by atoms with Gasteiger partial charge in [-0.25, -0.2) is 0 Å². The molecule has 0 spiro atoms. The molecule has 2 aromatic rings. The Morgan fingerprint density at radius 2 is 1.73 bits per heavy atom. The van der Waals surface area contributed by atoms with Gasteiger partial charge < -0.3 is 4.74 Å². The average Bonchev–Trinajstić information content (AvgIpc) is 2.29. The normalized spacial score (nSPS) is 10.0. The van der Waals surface area contributed by atoms with E-state index in [9.17, 15) is 0 Å². The zero-order valence-electron chi connectivity index (χ0n) is 8.95. The molecule has 0 saturated carbocycles. The number of ether oxygens (including phenoxy) is 1. The highest BCUT2D eigenvalue weighted by molar-refractivity contribution is 5.64. The van der Waals surface area contributed by atoms with Crippen LogP contribution in [0.25, 0.3) is 11.1 Å². The number of aryl methyl sites for hydroxylation is 1. The fraction of sp³-hybridized carbons (Fsp3) is 0.143. The molecule has 1 heteroatoms. The van der Waals surface area contributed by atoms with E-state index < -0.39 is 0 Å². The van der Waals surface area contributed by atoms with Gasteiger partial charge in [0, 0.05) is 0 Å². The van der Waals surface area contributed by atoms with Crippen LogP contribution in [0.3, 0.4) is 0 Å². The van der Waals surface area contributed by atoms with Gasteiger partial charge in [-0.3, -0.25) is 0 Å². The maximum atomic E-state index is 5.12. The molecule has 0 amide bonds. The Hall–Kier alpha value is -1.76. The molecule has 0 aliphatic heterocycles. The van der Waals surface area contributed by atoms with Gasteiger partial charge in [-0.1, -0.05) is 30.3 Å². The van der Waals surface area contributed by atoms with Crippen molar-refractivity contribution in [3.05, 3.63) is 54.1 Å². The predicted molar refractivity (Wildman–Crippen MR) is 62.0 cm³/mol. The SMILES string of the molecule is COc1ccc(-c2cc[c]c(C)c2)cc1. The van der Waals surface area contributed by atoms with E-state index in [1.165, 1.54) is 11.1 Å². The van der Waals surface area contributed by atoms with Gasteiger partial charge in [-0.2, -0.15) is 0 Å². The molecule has 2 aromatic carbocycles.